The zero-order chi connectivity index (χ0) is 16.4. The van der Waals surface area contributed by atoms with Crippen LogP contribution in [-0.2, 0) is 4.79 Å². The van der Waals surface area contributed by atoms with E-state index in [9.17, 15) is 9.90 Å². The van der Waals surface area contributed by atoms with E-state index in [1.54, 1.807) is 5.57 Å². The number of rotatable bonds is 1. The van der Waals surface area contributed by atoms with Crippen molar-refractivity contribution in [3.05, 3.63) is 11.6 Å². The van der Waals surface area contributed by atoms with E-state index in [1.807, 2.05) is 6.92 Å². The first kappa shape index (κ1) is 15.9. The van der Waals surface area contributed by atoms with E-state index in [4.69, 9.17) is 0 Å². The van der Waals surface area contributed by atoms with Crippen LogP contribution in [-0.4, -0.2) is 17.0 Å². The molecule has 2 nitrogen and oxygen atoms in total. The summed E-state index contributed by atoms with van der Waals surface area (Å²) in [5.41, 5.74) is 2.11. The number of Topliss-reactive ketones (excluding diaryl/α,β-unsaturated/α-hetero) is 1. The van der Waals surface area contributed by atoms with Gasteiger partial charge in [-0.1, -0.05) is 25.5 Å². The molecule has 128 valence electrons. The van der Waals surface area contributed by atoms with Crippen molar-refractivity contribution in [1.82, 2.24) is 0 Å². The minimum atomic E-state index is -0.117. The standard InChI is InChI=1S/C21H32O2/c1-13(22)17-6-7-18-16-5-4-14-12-15(23)8-10-20(14,2)19(16)9-11-21(17,18)3/h4,15-19,23H,5-12H2,1-3H3/t15?,16-,17-,18?,19-,20+,21-/m1/s1. The van der Waals surface area contributed by atoms with Gasteiger partial charge in [-0.25, -0.2) is 0 Å². The van der Waals surface area contributed by atoms with Gasteiger partial charge >= 0.3 is 0 Å². The molecular weight excluding hydrogens is 284 g/mol. The Morgan fingerprint density at radius 2 is 1.91 bits per heavy atom. The van der Waals surface area contributed by atoms with Crippen molar-refractivity contribution < 1.29 is 9.90 Å². The average molecular weight is 316 g/mol. The van der Waals surface area contributed by atoms with Gasteiger partial charge < -0.3 is 5.11 Å². The van der Waals surface area contributed by atoms with E-state index in [-0.39, 0.29) is 11.5 Å². The average Bonchev–Trinajstić information content (AvgIpc) is 2.85. The Labute approximate surface area is 140 Å². The van der Waals surface area contributed by atoms with Crippen molar-refractivity contribution in [3.8, 4) is 0 Å². The van der Waals surface area contributed by atoms with Crippen molar-refractivity contribution in [3.63, 3.8) is 0 Å². The maximum absolute atomic E-state index is 12.2. The quantitative estimate of drug-likeness (QED) is 0.722. The molecule has 0 aromatic heterocycles. The molecular formula is C21H32O2. The van der Waals surface area contributed by atoms with Crippen LogP contribution in [0.5, 0.6) is 0 Å². The van der Waals surface area contributed by atoms with Gasteiger partial charge in [-0.15, -0.1) is 0 Å². The zero-order valence-corrected chi connectivity index (χ0v) is 15.0. The van der Waals surface area contributed by atoms with Crippen LogP contribution in [0.1, 0.15) is 72.1 Å². The summed E-state index contributed by atoms with van der Waals surface area (Å²) in [6, 6.07) is 0. The van der Waals surface area contributed by atoms with Crippen LogP contribution in [0.3, 0.4) is 0 Å². The summed E-state index contributed by atoms with van der Waals surface area (Å²) >= 11 is 0. The molecule has 3 fully saturated rings. The molecule has 1 N–H and O–H groups in total. The number of aliphatic hydroxyl groups is 1. The molecule has 0 saturated heterocycles. The first-order valence-corrected chi connectivity index (χ1v) is 9.74. The highest BCUT2D eigenvalue weighted by Crippen LogP contribution is 2.66. The van der Waals surface area contributed by atoms with Crippen LogP contribution >= 0.6 is 0 Å². The fourth-order valence-corrected chi connectivity index (χ4v) is 7.31. The van der Waals surface area contributed by atoms with Crippen LogP contribution in [0.15, 0.2) is 11.6 Å². The van der Waals surface area contributed by atoms with Gasteiger partial charge in [0.1, 0.15) is 5.78 Å². The largest absolute Gasteiger partial charge is 0.393 e. The smallest absolute Gasteiger partial charge is 0.133 e. The summed E-state index contributed by atoms with van der Waals surface area (Å²) < 4.78 is 0. The lowest BCUT2D eigenvalue weighted by molar-refractivity contribution is -0.127. The van der Waals surface area contributed by atoms with Gasteiger partial charge in [0.05, 0.1) is 6.10 Å². The van der Waals surface area contributed by atoms with Crippen LogP contribution in [0.4, 0.5) is 0 Å². The van der Waals surface area contributed by atoms with Crippen LogP contribution < -0.4 is 0 Å². The second-order valence-corrected chi connectivity index (χ2v) is 9.44. The van der Waals surface area contributed by atoms with Crippen LogP contribution in [0.2, 0.25) is 0 Å². The first-order valence-electron chi connectivity index (χ1n) is 9.74. The Kier molecular flexibility index (Phi) is 3.58. The number of fused-ring (bicyclic) bond motifs is 5. The molecule has 0 radical (unpaired) electrons. The zero-order valence-electron chi connectivity index (χ0n) is 15.0. The van der Waals surface area contributed by atoms with Gasteiger partial charge in [0.2, 0.25) is 0 Å². The number of carbonyl (C=O) groups excluding carboxylic acids is 1. The Morgan fingerprint density at radius 1 is 1.13 bits per heavy atom. The van der Waals surface area contributed by atoms with Gasteiger partial charge in [-0.2, -0.15) is 0 Å². The molecule has 0 aromatic carbocycles. The number of ketones is 1. The topological polar surface area (TPSA) is 37.3 Å². The molecule has 2 unspecified atom stereocenters. The lowest BCUT2D eigenvalue weighted by Gasteiger charge is -2.57. The maximum Gasteiger partial charge on any atom is 0.133 e. The van der Waals surface area contributed by atoms with Gasteiger partial charge in [-0.05, 0) is 86.9 Å². The Balaban J connectivity index is 1.66. The lowest BCUT2D eigenvalue weighted by atomic mass is 9.47. The molecule has 0 heterocycles. The highest BCUT2D eigenvalue weighted by Gasteiger charge is 2.59. The second-order valence-electron chi connectivity index (χ2n) is 9.44. The van der Waals surface area contributed by atoms with E-state index >= 15 is 0 Å². The van der Waals surface area contributed by atoms with Gasteiger partial charge in [0.25, 0.3) is 0 Å². The highest BCUT2D eigenvalue weighted by atomic mass is 16.3. The molecule has 4 aliphatic carbocycles. The molecule has 0 spiro atoms. The number of hydrogen-bond acceptors (Lipinski definition) is 2. The summed E-state index contributed by atoms with van der Waals surface area (Å²) in [4.78, 5) is 12.2. The van der Waals surface area contributed by atoms with Crippen molar-refractivity contribution in [2.24, 2.45) is 34.5 Å². The highest BCUT2D eigenvalue weighted by molar-refractivity contribution is 5.79. The molecule has 3 saturated carbocycles. The Bertz CT molecular complexity index is 550. The van der Waals surface area contributed by atoms with Crippen molar-refractivity contribution in [1.29, 1.82) is 0 Å². The third-order valence-corrected chi connectivity index (χ3v) is 8.57. The van der Waals surface area contributed by atoms with Crippen molar-refractivity contribution in [2.75, 3.05) is 0 Å². The third kappa shape index (κ3) is 2.13. The van der Waals surface area contributed by atoms with E-state index in [2.05, 4.69) is 19.9 Å². The number of carbonyl (C=O) groups is 1. The number of aliphatic hydroxyl groups excluding tert-OH is 1. The molecule has 2 heteroatoms. The SMILES string of the molecule is CC(=O)[C@H]1CCC2[C@H]3CC=C4CC(O)CC[C@]4(C)[C@@H]3CC[C@@]21C. The Hall–Kier alpha value is -0.630. The fraction of sp³-hybridized carbons (Fsp3) is 0.857. The van der Waals surface area contributed by atoms with Gasteiger partial charge in [0, 0.05) is 5.92 Å². The molecule has 0 aliphatic heterocycles. The Morgan fingerprint density at radius 3 is 2.65 bits per heavy atom. The van der Waals surface area contributed by atoms with Crippen molar-refractivity contribution >= 4 is 5.78 Å². The molecule has 0 amide bonds. The monoisotopic (exact) mass is 316 g/mol. The fourth-order valence-electron chi connectivity index (χ4n) is 7.31. The summed E-state index contributed by atoms with van der Waals surface area (Å²) in [5, 5.41) is 10.1. The van der Waals surface area contributed by atoms with Crippen LogP contribution in [0, 0.1) is 34.5 Å². The maximum atomic E-state index is 12.2. The van der Waals surface area contributed by atoms with E-state index < -0.39 is 0 Å². The minimum absolute atomic E-state index is 0.117. The minimum Gasteiger partial charge on any atom is -0.393 e. The molecule has 0 aromatic rings. The van der Waals surface area contributed by atoms with Gasteiger partial charge in [0.15, 0.2) is 0 Å². The second kappa shape index (κ2) is 5.18. The molecule has 4 rings (SSSR count). The third-order valence-electron chi connectivity index (χ3n) is 8.57. The lowest BCUT2D eigenvalue weighted by Crippen LogP contribution is -2.50. The molecule has 0 bridgehead atoms. The predicted molar refractivity (Wildman–Crippen MR) is 91.9 cm³/mol. The van der Waals surface area contributed by atoms with E-state index in [0.29, 0.717) is 17.1 Å². The van der Waals surface area contributed by atoms with Crippen molar-refractivity contribution in [2.45, 2.75) is 78.2 Å². The normalized spacial score (nSPS) is 52.2. The van der Waals surface area contributed by atoms with E-state index in [0.717, 1.165) is 43.4 Å². The summed E-state index contributed by atoms with van der Waals surface area (Å²) in [5.74, 6) is 3.00. The van der Waals surface area contributed by atoms with Gasteiger partial charge in [-0.3, -0.25) is 4.79 Å². The summed E-state index contributed by atoms with van der Waals surface area (Å²) in [6.45, 7) is 6.70. The predicted octanol–water partition coefficient (Wildman–Crippen LogP) is 4.52. The number of hydrogen-bond donors (Lipinski definition) is 1. The van der Waals surface area contributed by atoms with E-state index in [1.165, 1.54) is 25.7 Å². The first-order chi connectivity index (χ1) is 10.9. The molecule has 23 heavy (non-hydrogen) atoms. The molecule has 7 atom stereocenters. The molecule has 4 aliphatic rings. The summed E-state index contributed by atoms with van der Waals surface area (Å²) in [6.07, 6.45) is 11.5. The summed E-state index contributed by atoms with van der Waals surface area (Å²) in [7, 11) is 0. The number of allylic oxidation sites excluding steroid dienone is 1. The van der Waals surface area contributed by atoms with Crippen LogP contribution in [0.25, 0.3) is 0 Å².